The van der Waals surface area contributed by atoms with Crippen molar-refractivity contribution < 1.29 is 18.3 Å². The van der Waals surface area contributed by atoms with Gasteiger partial charge in [0.05, 0.1) is 26.0 Å². The van der Waals surface area contributed by atoms with Crippen molar-refractivity contribution in [3.8, 4) is 22.8 Å². The van der Waals surface area contributed by atoms with Gasteiger partial charge in [0.2, 0.25) is 0 Å². The van der Waals surface area contributed by atoms with Gasteiger partial charge in [-0.3, -0.25) is 0 Å². The van der Waals surface area contributed by atoms with Crippen molar-refractivity contribution in [2.24, 2.45) is 0 Å². The predicted octanol–water partition coefficient (Wildman–Crippen LogP) is 5.89. The summed E-state index contributed by atoms with van der Waals surface area (Å²) in [6.45, 7) is 1.92. The molecule has 1 aromatic heterocycles. The van der Waals surface area contributed by atoms with Crippen LogP contribution in [0, 0.1) is 6.92 Å². The molecule has 2 heterocycles. The number of nitrogens with zero attached hydrogens (tertiary/aromatic N) is 2. The Kier molecular flexibility index (Phi) is 5.56. The Bertz CT molecular complexity index is 1070. The van der Waals surface area contributed by atoms with Crippen molar-refractivity contribution in [1.82, 2.24) is 9.78 Å². The van der Waals surface area contributed by atoms with Crippen LogP contribution in [0.15, 0.2) is 42.5 Å². The van der Waals surface area contributed by atoms with Crippen LogP contribution in [0.2, 0.25) is 5.02 Å². The molecule has 5 nitrogen and oxygen atoms in total. The first-order valence-corrected chi connectivity index (χ1v) is 9.91. The number of halogens is 3. The molecule has 0 aliphatic carbocycles. The van der Waals surface area contributed by atoms with Crippen LogP contribution in [0.5, 0.6) is 11.5 Å². The van der Waals surface area contributed by atoms with E-state index in [0.717, 1.165) is 16.7 Å². The molecule has 2 atom stereocenters. The quantitative estimate of drug-likeness (QED) is 0.544. The molecule has 0 bridgehead atoms. The molecule has 158 valence electrons. The summed E-state index contributed by atoms with van der Waals surface area (Å²) in [4.78, 5) is 0. The summed E-state index contributed by atoms with van der Waals surface area (Å²) >= 11 is 6.05. The molecule has 1 aliphatic heterocycles. The van der Waals surface area contributed by atoms with E-state index in [1.807, 2.05) is 31.2 Å². The number of hydrogen-bond acceptors (Lipinski definition) is 4. The van der Waals surface area contributed by atoms with Crippen molar-refractivity contribution in [1.29, 1.82) is 0 Å². The fourth-order valence-electron chi connectivity index (χ4n) is 3.88. The molecule has 0 saturated carbocycles. The molecule has 0 amide bonds. The molecule has 4 rings (SSSR count). The van der Waals surface area contributed by atoms with Crippen molar-refractivity contribution in [2.45, 2.75) is 31.9 Å². The van der Waals surface area contributed by atoms with E-state index in [1.165, 1.54) is 4.68 Å². The molecule has 2 aromatic carbocycles. The second kappa shape index (κ2) is 8.14. The first-order valence-electron chi connectivity index (χ1n) is 9.54. The van der Waals surface area contributed by atoms with Gasteiger partial charge in [-0.25, -0.2) is 13.5 Å². The average molecular weight is 434 g/mol. The maximum absolute atomic E-state index is 13.9. The van der Waals surface area contributed by atoms with Gasteiger partial charge < -0.3 is 14.8 Å². The second-order valence-electron chi connectivity index (χ2n) is 7.27. The molecule has 1 N–H and O–H groups in total. The zero-order chi connectivity index (χ0) is 21.4. The first-order chi connectivity index (χ1) is 14.4. The zero-order valence-electron chi connectivity index (χ0n) is 16.8. The van der Waals surface area contributed by atoms with E-state index in [0.29, 0.717) is 28.0 Å². The number of fused-ring (bicyclic) bond motifs is 1. The van der Waals surface area contributed by atoms with E-state index >= 15 is 0 Å². The molecular weight excluding hydrogens is 412 g/mol. The van der Waals surface area contributed by atoms with Crippen LogP contribution < -0.4 is 14.8 Å². The van der Waals surface area contributed by atoms with Crippen LogP contribution >= 0.6 is 11.6 Å². The van der Waals surface area contributed by atoms with Gasteiger partial charge in [0.25, 0.3) is 6.43 Å². The Balaban J connectivity index is 1.72. The van der Waals surface area contributed by atoms with Crippen LogP contribution in [0.3, 0.4) is 0 Å². The van der Waals surface area contributed by atoms with Gasteiger partial charge in [-0.1, -0.05) is 23.7 Å². The second-order valence-corrected chi connectivity index (χ2v) is 7.70. The number of hydrogen-bond donors (Lipinski definition) is 1. The number of aryl methyl sites for hydroxylation is 1. The highest BCUT2D eigenvalue weighted by Crippen LogP contribution is 2.41. The lowest BCUT2D eigenvalue weighted by Crippen LogP contribution is -2.30. The van der Waals surface area contributed by atoms with E-state index in [4.69, 9.17) is 21.1 Å². The zero-order valence-corrected chi connectivity index (χ0v) is 17.6. The van der Waals surface area contributed by atoms with Crippen LogP contribution in [0.4, 0.5) is 14.6 Å². The third-order valence-electron chi connectivity index (χ3n) is 5.41. The van der Waals surface area contributed by atoms with Crippen molar-refractivity contribution in [3.05, 3.63) is 58.6 Å². The fourth-order valence-corrected chi connectivity index (χ4v) is 4.11. The molecule has 0 fully saturated rings. The van der Waals surface area contributed by atoms with Gasteiger partial charge in [-0.2, -0.15) is 5.10 Å². The minimum absolute atomic E-state index is 0.195. The largest absolute Gasteiger partial charge is 0.493 e. The third kappa shape index (κ3) is 3.69. The van der Waals surface area contributed by atoms with Crippen molar-refractivity contribution in [3.63, 3.8) is 0 Å². The van der Waals surface area contributed by atoms with Crippen LogP contribution in [-0.4, -0.2) is 30.4 Å². The SMILES string of the molecule is COc1ccc(C2CC(C(F)F)n3nc(-c4ccc(Cl)cc4C)cc3N2)cc1OC. The van der Waals surface area contributed by atoms with Crippen LogP contribution in [0.1, 0.15) is 29.6 Å². The number of alkyl halides is 2. The molecule has 0 radical (unpaired) electrons. The lowest BCUT2D eigenvalue weighted by Gasteiger charge is -2.32. The normalized spacial score (nSPS) is 18.1. The Hall–Kier alpha value is -2.80. The molecule has 30 heavy (non-hydrogen) atoms. The number of ether oxygens (including phenoxy) is 2. The standard InChI is InChI=1S/C22H22ClF2N3O2/c1-12-8-14(23)5-6-15(12)17-11-21-26-16(10-18(22(24)25)28(21)27-17)13-4-7-19(29-2)20(9-13)30-3/h4-9,11,16,18,22,26H,10H2,1-3H3. The van der Waals surface area contributed by atoms with Crippen molar-refractivity contribution >= 4 is 17.4 Å². The molecule has 1 aliphatic rings. The van der Waals surface area contributed by atoms with Crippen LogP contribution in [0.25, 0.3) is 11.3 Å². The van der Waals surface area contributed by atoms with Gasteiger partial charge in [-0.05, 0) is 48.7 Å². The van der Waals surface area contributed by atoms with Gasteiger partial charge >= 0.3 is 0 Å². The summed E-state index contributed by atoms with van der Waals surface area (Å²) in [5.41, 5.74) is 3.27. The summed E-state index contributed by atoms with van der Waals surface area (Å²) in [6.07, 6.45) is -2.35. The third-order valence-corrected chi connectivity index (χ3v) is 5.65. The minimum atomic E-state index is -2.55. The Labute approximate surface area is 178 Å². The summed E-state index contributed by atoms with van der Waals surface area (Å²) in [5, 5.41) is 8.46. The number of rotatable bonds is 5. The number of aromatic nitrogens is 2. The number of anilines is 1. The van der Waals surface area contributed by atoms with E-state index < -0.39 is 12.5 Å². The fraction of sp³-hybridized carbons (Fsp3) is 0.318. The maximum Gasteiger partial charge on any atom is 0.260 e. The highest BCUT2D eigenvalue weighted by atomic mass is 35.5. The van der Waals surface area contributed by atoms with Gasteiger partial charge in [0.15, 0.2) is 11.5 Å². The maximum atomic E-state index is 13.9. The van der Waals surface area contributed by atoms with E-state index in [-0.39, 0.29) is 12.5 Å². The molecule has 3 aromatic rings. The summed E-state index contributed by atoms with van der Waals surface area (Å²) in [7, 11) is 3.11. The minimum Gasteiger partial charge on any atom is -0.493 e. The molecule has 0 saturated heterocycles. The molecular formula is C22H22ClF2N3O2. The Morgan fingerprint density at radius 3 is 2.53 bits per heavy atom. The molecule has 2 unspecified atom stereocenters. The lowest BCUT2D eigenvalue weighted by atomic mass is 9.97. The average Bonchev–Trinajstić information content (AvgIpc) is 3.15. The van der Waals surface area contributed by atoms with Gasteiger partial charge in [0, 0.05) is 16.7 Å². The summed E-state index contributed by atoms with van der Waals surface area (Å²) in [6, 6.07) is 11.4. The Morgan fingerprint density at radius 1 is 1.10 bits per heavy atom. The van der Waals surface area contributed by atoms with Gasteiger partial charge in [0.1, 0.15) is 11.9 Å². The number of benzene rings is 2. The predicted molar refractivity (Wildman–Crippen MR) is 113 cm³/mol. The highest BCUT2D eigenvalue weighted by Gasteiger charge is 2.35. The van der Waals surface area contributed by atoms with Crippen molar-refractivity contribution in [2.75, 3.05) is 19.5 Å². The monoisotopic (exact) mass is 433 g/mol. The Morgan fingerprint density at radius 2 is 1.87 bits per heavy atom. The summed E-state index contributed by atoms with van der Waals surface area (Å²) in [5.74, 6) is 1.70. The highest BCUT2D eigenvalue weighted by molar-refractivity contribution is 6.30. The first kappa shape index (κ1) is 20.5. The molecule has 0 spiro atoms. The van der Waals surface area contributed by atoms with Crippen LogP contribution in [-0.2, 0) is 0 Å². The van der Waals surface area contributed by atoms with E-state index in [9.17, 15) is 8.78 Å². The number of methoxy groups -OCH3 is 2. The van der Waals surface area contributed by atoms with E-state index in [1.54, 1.807) is 32.4 Å². The van der Waals surface area contributed by atoms with Gasteiger partial charge in [-0.15, -0.1) is 0 Å². The number of nitrogens with one attached hydrogen (secondary N) is 1. The molecule has 8 heteroatoms. The smallest absolute Gasteiger partial charge is 0.260 e. The summed E-state index contributed by atoms with van der Waals surface area (Å²) < 4.78 is 39.9. The topological polar surface area (TPSA) is 48.3 Å². The lowest BCUT2D eigenvalue weighted by molar-refractivity contribution is 0.0659. The van der Waals surface area contributed by atoms with E-state index in [2.05, 4.69) is 10.4 Å².